The lowest BCUT2D eigenvalue weighted by molar-refractivity contribution is -0.384. The molecule has 0 atom stereocenters. The Bertz CT molecular complexity index is 1130. The molecule has 30 heavy (non-hydrogen) atoms. The summed E-state index contributed by atoms with van der Waals surface area (Å²) in [7, 11) is 0. The Labute approximate surface area is 174 Å². The molecule has 154 valence electrons. The number of carbonyl (C=O) groups excluding carboxylic acids is 1. The van der Waals surface area contributed by atoms with Crippen molar-refractivity contribution in [1.29, 1.82) is 0 Å². The van der Waals surface area contributed by atoms with E-state index in [1.165, 1.54) is 6.07 Å². The molecule has 0 N–H and O–H groups in total. The molecule has 2 aromatic carbocycles. The Kier molecular flexibility index (Phi) is 6.11. The van der Waals surface area contributed by atoms with Gasteiger partial charge in [0.1, 0.15) is 5.69 Å². The third-order valence-corrected chi connectivity index (χ3v) is 4.78. The van der Waals surface area contributed by atoms with E-state index in [9.17, 15) is 14.9 Å². The summed E-state index contributed by atoms with van der Waals surface area (Å²) in [4.78, 5) is 27.1. The van der Waals surface area contributed by atoms with Crippen molar-refractivity contribution in [3.05, 3.63) is 86.7 Å². The van der Waals surface area contributed by atoms with Crippen molar-refractivity contribution < 1.29 is 14.5 Å². The van der Waals surface area contributed by atoms with E-state index in [1.54, 1.807) is 44.3 Å². The predicted octanol–water partition coefficient (Wildman–Crippen LogP) is 5.24. The molecule has 7 nitrogen and oxygen atoms in total. The van der Waals surface area contributed by atoms with Gasteiger partial charge in [0, 0.05) is 34.9 Å². The minimum absolute atomic E-state index is 0.0189. The first-order valence-corrected chi connectivity index (χ1v) is 9.57. The highest BCUT2D eigenvalue weighted by molar-refractivity contribution is 5.89. The summed E-state index contributed by atoms with van der Waals surface area (Å²) in [5.74, 6) is -0.350. The number of hydrogen-bond donors (Lipinski definition) is 0. The van der Waals surface area contributed by atoms with Crippen LogP contribution in [0.4, 0.5) is 11.4 Å². The second-order valence-corrected chi connectivity index (χ2v) is 6.94. The highest BCUT2D eigenvalue weighted by atomic mass is 16.6. The minimum atomic E-state index is -0.423. The predicted molar refractivity (Wildman–Crippen MR) is 116 cm³/mol. The molecule has 0 saturated carbocycles. The van der Waals surface area contributed by atoms with Crippen LogP contribution in [0.5, 0.6) is 0 Å². The number of rotatable bonds is 6. The molecule has 1 heterocycles. The van der Waals surface area contributed by atoms with E-state index < -0.39 is 4.92 Å². The van der Waals surface area contributed by atoms with Crippen molar-refractivity contribution in [2.75, 3.05) is 6.61 Å². The third kappa shape index (κ3) is 4.30. The van der Waals surface area contributed by atoms with Gasteiger partial charge in [-0.2, -0.15) is 0 Å². The van der Waals surface area contributed by atoms with Crippen LogP contribution < -0.4 is 0 Å². The Balaban J connectivity index is 1.92. The van der Waals surface area contributed by atoms with Crippen molar-refractivity contribution in [2.45, 2.75) is 27.7 Å². The van der Waals surface area contributed by atoms with Gasteiger partial charge in [-0.15, -0.1) is 0 Å². The molecule has 3 aromatic rings. The number of benzene rings is 2. The lowest BCUT2D eigenvalue weighted by Gasteiger charge is -2.10. The van der Waals surface area contributed by atoms with Crippen LogP contribution in [-0.2, 0) is 4.74 Å². The maximum atomic E-state index is 11.9. The maximum Gasteiger partial charge on any atom is 0.338 e. The van der Waals surface area contributed by atoms with E-state index in [0.717, 1.165) is 28.2 Å². The Morgan fingerprint density at radius 2 is 1.83 bits per heavy atom. The van der Waals surface area contributed by atoms with Crippen LogP contribution in [-0.4, -0.2) is 28.3 Å². The quantitative estimate of drug-likeness (QED) is 0.243. The zero-order valence-electron chi connectivity index (χ0n) is 17.4. The summed E-state index contributed by atoms with van der Waals surface area (Å²) < 4.78 is 7.06. The first-order chi connectivity index (χ1) is 14.3. The number of aromatic nitrogens is 1. The lowest BCUT2D eigenvalue weighted by Crippen LogP contribution is -2.05. The first kappa shape index (κ1) is 21.0. The molecular weight excluding hydrogens is 382 g/mol. The molecular formula is C23H23N3O4. The van der Waals surface area contributed by atoms with Gasteiger partial charge in [0.2, 0.25) is 0 Å². The number of aliphatic imine (C=N–C) groups is 1. The summed E-state index contributed by atoms with van der Waals surface area (Å²) in [6.45, 7) is 7.84. The Morgan fingerprint density at radius 3 is 2.47 bits per heavy atom. The molecule has 0 saturated heterocycles. The fraction of sp³-hybridized carbons (Fsp3) is 0.217. The van der Waals surface area contributed by atoms with Crippen molar-refractivity contribution in [2.24, 2.45) is 4.99 Å². The van der Waals surface area contributed by atoms with Crippen LogP contribution in [0.2, 0.25) is 0 Å². The fourth-order valence-electron chi connectivity index (χ4n) is 3.30. The number of nitrogens with zero attached hydrogens (tertiary/aromatic N) is 3. The first-order valence-electron chi connectivity index (χ1n) is 9.57. The minimum Gasteiger partial charge on any atom is -0.462 e. The van der Waals surface area contributed by atoms with E-state index in [0.29, 0.717) is 17.9 Å². The van der Waals surface area contributed by atoms with Gasteiger partial charge >= 0.3 is 5.97 Å². The Morgan fingerprint density at radius 1 is 1.13 bits per heavy atom. The zero-order chi connectivity index (χ0) is 21.8. The molecule has 1 aromatic heterocycles. The molecule has 0 aliphatic heterocycles. The normalized spacial score (nSPS) is 11.1. The summed E-state index contributed by atoms with van der Waals surface area (Å²) in [5, 5.41) is 11.3. The summed E-state index contributed by atoms with van der Waals surface area (Å²) in [6, 6.07) is 14.1. The van der Waals surface area contributed by atoms with Gasteiger partial charge in [-0.3, -0.25) is 10.1 Å². The smallest absolute Gasteiger partial charge is 0.338 e. The van der Waals surface area contributed by atoms with Crippen LogP contribution in [0.15, 0.2) is 53.5 Å². The number of ether oxygens (including phenoxy) is 1. The van der Waals surface area contributed by atoms with E-state index >= 15 is 0 Å². The number of nitro benzene ring substituents is 1. The van der Waals surface area contributed by atoms with Crippen molar-refractivity contribution in [1.82, 2.24) is 4.57 Å². The Hall–Kier alpha value is -3.74. The molecule has 0 amide bonds. The lowest BCUT2D eigenvalue weighted by atomic mass is 10.2. The van der Waals surface area contributed by atoms with Gasteiger partial charge in [-0.1, -0.05) is 6.07 Å². The van der Waals surface area contributed by atoms with Crippen LogP contribution in [0.3, 0.4) is 0 Å². The molecule has 3 rings (SSSR count). The molecule has 7 heteroatoms. The SMILES string of the molecule is CCOC(=O)c1ccc(-n2c(C)cc(C=Nc3ccc(C)cc3[N+](=O)[O-])c2C)cc1. The highest BCUT2D eigenvalue weighted by Gasteiger charge is 2.14. The fourth-order valence-corrected chi connectivity index (χ4v) is 3.30. The van der Waals surface area contributed by atoms with Crippen LogP contribution >= 0.6 is 0 Å². The second kappa shape index (κ2) is 8.73. The van der Waals surface area contributed by atoms with E-state index in [1.807, 2.05) is 36.6 Å². The zero-order valence-corrected chi connectivity index (χ0v) is 17.4. The topological polar surface area (TPSA) is 86.7 Å². The second-order valence-electron chi connectivity index (χ2n) is 6.94. The number of carbonyl (C=O) groups is 1. The summed E-state index contributed by atoms with van der Waals surface area (Å²) in [6.07, 6.45) is 1.64. The van der Waals surface area contributed by atoms with Crippen LogP contribution in [0, 0.1) is 30.9 Å². The molecule has 0 radical (unpaired) electrons. The van der Waals surface area contributed by atoms with Gasteiger partial charge < -0.3 is 9.30 Å². The molecule has 0 bridgehead atoms. The molecule has 0 aliphatic rings. The van der Waals surface area contributed by atoms with Gasteiger partial charge in [0.15, 0.2) is 0 Å². The van der Waals surface area contributed by atoms with Gasteiger partial charge in [0.25, 0.3) is 5.69 Å². The largest absolute Gasteiger partial charge is 0.462 e. The third-order valence-electron chi connectivity index (χ3n) is 4.78. The summed E-state index contributed by atoms with van der Waals surface area (Å²) >= 11 is 0. The van der Waals surface area contributed by atoms with Crippen molar-refractivity contribution in [3.8, 4) is 5.69 Å². The molecule has 0 spiro atoms. The van der Waals surface area contributed by atoms with Gasteiger partial charge in [-0.05, 0) is 69.7 Å². The van der Waals surface area contributed by atoms with Crippen molar-refractivity contribution in [3.63, 3.8) is 0 Å². The van der Waals surface area contributed by atoms with Gasteiger partial charge in [0.05, 0.1) is 17.1 Å². The molecule has 0 fully saturated rings. The molecule has 0 aliphatic carbocycles. The van der Waals surface area contributed by atoms with E-state index in [-0.39, 0.29) is 11.7 Å². The average Bonchev–Trinajstić information content (AvgIpc) is 3.00. The monoisotopic (exact) mass is 405 g/mol. The van der Waals surface area contributed by atoms with Crippen molar-refractivity contribution >= 4 is 23.6 Å². The maximum absolute atomic E-state index is 11.9. The van der Waals surface area contributed by atoms with E-state index in [4.69, 9.17) is 4.74 Å². The van der Waals surface area contributed by atoms with E-state index in [2.05, 4.69) is 4.99 Å². The molecule has 0 unspecified atom stereocenters. The van der Waals surface area contributed by atoms with Gasteiger partial charge in [-0.25, -0.2) is 9.79 Å². The average molecular weight is 405 g/mol. The van der Waals surface area contributed by atoms with Crippen LogP contribution in [0.1, 0.15) is 39.8 Å². The summed E-state index contributed by atoms with van der Waals surface area (Å²) in [5.41, 5.74) is 5.28. The number of esters is 1. The highest BCUT2D eigenvalue weighted by Crippen LogP contribution is 2.28. The standard InChI is InChI=1S/C23H23N3O4/c1-5-30-23(27)18-7-9-20(10-8-18)25-16(3)13-19(17(25)4)14-24-21-11-6-15(2)12-22(21)26(28)29/h6-14H,5H2,1-4H3. The van der Waals surface area contributed by atoms with Crippen LogP contribution in [0.25, 0.3) is 5.69 Å². The number of nitro groups is 1. The number of aryl methyl sites for hydroxylation is 2. The number of hydrogen-bond acceptors (Lipinski definition) is 5.